The molecule has 18 heavy (non-hydrogen) atoms. The zero-order valence-electron chi connectivity index (χ0n) is 10.7. The third-order valence-electron chi connectivity index (χ3n) is 3.01. The molecule has 0 spiro atoms. The van der Waals surface area contributed by atoms with Gasteiger partial charge in [-0.1, -0.05) is 0 Å². The van der Waals surface area contributed by atoms with E-state index < -0.39 is 5.79 Å². The largest absolute Gasteiger partial charge is 0.352 e. The molecule has 1 aliphatic heterocycles. The summed E-state index contributed by atoms with van der Waals surface area (Å²) in [6, 6.07) is 3.52. The molecule has 2 heterocycles. The van der Waals surface area contributed by atoms with E-state index in [1.54, 1.807) is 18.3 Å². The lowest BCUT2D eigenvalue weighted by Gasteiger charge is -2.22. The van der Waals surface area contributed by atoms with E-state index in [2.05, 4.69) is 10.3 Å². The van der Waals surface area contributed by atoms with E-state index in [-0.39, 0.29) is 5.91 Å². The number of aromatic nitrogens is 1. The highest BCUT2D eigenvalue weighted by molar-refractivity contribution is 5.95. The summed E-state index contributed by atoms with van der Waals surface area (Å²) in [6.07, 6.45) is 2.31. The van der Waals surface area contributed by atoms with E-state index in [9.17, 15) is 4.79 Å². The second-order valence-corrected chi connectivity index (χ2v) is 4.47. The van der Waals surface area contributed by atoms with E-state index in [1.807, 2.05) is 13.8 Å². The first kappa shape index (κ1) is 13.0. The van der Waals surface area contributed by atoms with Crippen molar-refractivity contribution in [3.05, 3.63) is 29.6 Å². The topological polar surface area (TPSA) is 60.5 Å². The Hall–Kier alpha value is -1.46. The van der Waals surface area contributed by atoms with Crippen molar-refractivity contribution >= 4 is 5.91 Å². The predicted molar refractivity (Wildman–Crippen MR) is 66.2 cm³/mol. The van der Waals surface area contributed by atoms with Crippen LogP contribution in [0, 0.1) is 6.92 Å². The minimum Gasteiger partial charge on any atom is -0.352 e. The Kier molecular flexibility index (Phi) is 3.93. The predicted octanol–water partition coefficient (Wildman–Crippen LogP) is 1.27. The standard InChI is InChI=1S/C13H18N2O3/c1-10-11(4-3-6-14-10)12(16)15-7-5-13(2)17-8-9-18-13/h3-4,6H,5,7-9H2,1-2H3,(H,15,16). The Morgan fingerprint density at radius 3 is 2.89 bits per heavy atom. The molecule has 0 aliphatic carbocycles. The van der Waals surface area contributed by atoms with Gasteiger partial charge in [-0.25, -0.2) is 0 Å². The molecule has 1 N–H and O–H groups in total. The Morgan fingerprint density at radius 1 is 1.50 bits per heavy atom. The van der Waals surface area contributed by atoms with Crippen LogP contribution in [0.1, 0.15) is 29.4 Å². The zero-order valence-corrected chi connectivity index (χ0v) is 10.7. The summed E-state index contributed by atoms with van der Waals surface area (Å²) in [6.45, 7) is 5.46. The van der Waals surface area contributed by atoms with Gasteiger partial charge in [-0.2, -0.15) is 0 Å². The van der Waals surface area contributed by atoms with Crippen LogP contribution in [0.3, 0.4) is 0 Å². The van der Waals surface area contributed by atoms with Crippen LogP contribution >= 0.6 is 0 Å². The van der Waals surface area contributed by atoms with E-state index in [0.717, 1.165) is 5.69 Å². The Bertz CT molecular complexity index is 428. The van der Waals surface area contributed by atoms with Crippen molar-refractivity contribution < 1.29 is 14.3 Å². The molecule has 0 saturated carbocycles. The number of rotatable bonds is 4. The van der Waals surface area contributed by atoms with Crippen LogP contribution in [0.4, 0.5) is 0 Å². The lowest BCUT2D eigenvalue weighted by atomic mass is 10.2. The summed E-state index contributed by atoms with van der Waals surface area (Å²) in [7, 11) is 0. The highest BCUT2D eigenvalue weighted by Crippen LogP contribution is 2.21. The molecule has 0 radical (unpaired) electrons. The first-order valence-electron chi connectivity index (χ1n) is 6.08. The van der Waals surface area contributed by atoms with Crippen molar-refractivity contribution in [3.8, 4) is 0 Å². The Balaban J connectivity index is 1.84. The summed E-state index contributed by atoms with van der Waals surface area (Å²) in [5, 5.41) is 2.85. The smallest absolute Gasteiger partial charge is 0.253 e. The molecule has 0 unspecified atom stereocenters. The number of amides is 1. The van der Waals surface area contributed by atoms with Gasteiger partial charge in [0.05, 0.1) is 18.8 Å². The average molecular weight is 250 g/mol. The number of carbonyl (C=O) groups is 1. The maximum Gasteiger partial charge on any atom is 0.253 e. The van der Waals surface area contributed by atoms with E-state index in [0.29, 0.717) is 31.7 Å². The number of hydrogen-bond acceptors (Lipinski definition) is 4. The van der Waals surface area contributed by atoms with Crippen LogP contribution in [0.25, 0.3) is 0 Å². The molecule has 5 nitrogen and oxygen atoms in total. The molecule has 0 atom stereocenters. The first-order chi connectivity index (χ1) is 8.61. The van der Waals surface area contributed by atoms with Crippen molar-refractivity contribution in [2.75, 3.05) is 19.8 Å². The minimum atomic E-state index is -0.558. The van der Waals surface area contributed by atoms with Crippen LogP contribution < -0.4 is 5.32 Å². The highest BCUT2D eigenvalue weighted by Gasteiger charge is 2.30. The fourth-order valence-electron chi connectivity index (χ4n) is 1.92. The summed E-state index contributed by atoms with van der Waals surface area (Å²) in [5.41, 5.74) is 1.34. The van der Waals surface area contributed by atoms with Crippen LogP contribution in [0.5, 0.6) is 0 Å². The van der Waals surface area contributed by atoms with Gasteiger partial charge in [-0.15, -0.1) is 0 Å². The molecule has 1 fully saturated rings. The third kappa shape index (κ3) is 3.05. The van der Waals surface area contributed by atoms with Gasteiger partial charge in [0.15, 0.2) is 5.79 Å². The van der Waals surface area contributed by atoms with E-state index >= 15 is 0 Å². The summed E-state index contributed by atoms with van der Waals surface area (Å²) >= 11 is 0. The van der Waals surface area contributed by atoms with Gasteiger partial charge in [0.1, 0.15) is 0 Å². The Labute approximate surface area is 107 Å². The lowest BCUT2D eigenvalue weighted by molar-refractivity contribution is -0.145. The molecular formula is C13H18N2O3. The average Bonchev–Trinajstić information content (AvgIpc) is 2.77. The van der Waals surface area contributed by atoms with Gasteiger partial charge in [-0.3, -0.25) is 9.78 Å². The monoisotopic (exact) mass is 250 g/mol. The van der Waals surface area contributed by atoms with Gasteiger partial charge in [0, 0.05) is 24.9 Å². The SMILES string of the molecule is Cc1ncccc1C(=O)NCCC1(C)OCCO1. The van der Waals surface area contributed by atoms with Crippen molar-refractivity contribution in [3.63, 3.8) is 0 Å². The van der Waals surface area contributed by atoms with E-state index in [1.165, 1.54) is 0 Å². The fourth-order valence-corrected chi connectivity index (χ4v) is 1.92. The molecule has 1 aliphatic rings. The lowest BCUT2D eigenvalue weighted by Crippen LogP contribution is -2.33. The molecule has 0 bridgehead atoms. The van der Waals surface area contributed by atoms with Gasteiger partial charge in [0.25, 0.3) is 5.91 Å². The summed E-state index contributed by atoms with van der Waals surface area (Å²) < 4.78 is 10.9. The van der Waals surface area contributed by atoms with Crippen molar-refractivity contribution in [1.82, 2.24) is 10.3 Å². The molecule has 1 saturated heterocycles. The van der Waals surface area contributed by atoms with Crippen LogP contribution in [0.2, 0.25) is 0 Å². The molecule has 1 amide bonds. The van der Waals surface area contributed by atoms with Crippen LogP contribution in [-0.4, -0.2) is 36.4 Å². The summed E-state index contributed by atoms with van der Waals surface area (Å²) in [5.74, 6) is -0.667. The third-order valence-corrected chi connectivity index (χ3v) is 3.01. The molecular weight excluding hydrogens is 232 g/mol. The second kappa shape index (κ2) is 5.46. The van der Waals surface area contributed by atoms with E-state index in [4.69, 9.17) is 9.47 Å². The number of aryl methyl sites for hydroxylation is 1. The molecule has 0 aromatic carbocycles. The molecule has 5 heteroatoms. The molecule has 1 aromatic heterocycles. The molecule has 98 valence electrons. The second-order valence-electron chi connectivity index (χ2n) is 4.47. The van der Waals surface area contributed by atoms with Crippen LogP contribution in [-0.2, 0) is 9.47 Å². The van der Waals surface area contributed by atoms with Gasteiger partial charge < -0.3 is 14.8 Å². The minimum absolute atomic E-state index is 0.109. The van der Waals surface area contributed by atoms with Crippen molar-refractivity contribution in [2.24, 2.45) is 0 Å². The number of nitrogens with zero attached hydrogens (tertiary/aromatic N) is 1. The number of pyridine rings is 1. The maximum absolute atomic E-state index is 11.9. The highest BCUT2D eigenvalue weighted by atomic mass is 16.7. The first-order valence-corrected chi connectivity index (χ1v) is 6.08. The van der Waals surface area contributed by atoms with Crippen molar-refractivity contribution in [1.29, 1.82) is 0 Å². The number of hydrogen-bond donors (Lipinski definition) is 1. The zero-order chi connectivity index (χ0) is 13.0. The quantitative estimate of drug-likeness (QED) is 0.874. The number of nitrogens with one attached hydrogen (secondary N) is 1. The number of carbonyl (C=O) groups excluding carboxylic acids is 1. The van der Waals surface area contributed by atoms with Gasteiger partial charge >= 0.3 is 0 Å². The van der Waals surface area contributed by atoms with Gasteiger partial charge in [-0.05, 0) is 26.0 Å². The van der Waals surface area contributed by atoms with Gasteiger partial charge in [0.2, 0.25) is 0 Å². The van der Waals surface area contributed by atoms with Crippen LogP contribution in [0.15, 0.2) is 18.3 Å². The van der Waals surface area contributed by atoms with Crippen molar-refractivity contribution in [2.45, 2.75) is 26.1 Å². The number of ether oxygens (including phenoxy) is 2. The Morgan fingerprint density at radius 2 is 2.22 bits per heavy atom. The molecule has 2 rings (SSSR count). The maximum atomic E-state index is 11.9. The molecule has 1 aromatic rings. The summed E-state index contributed by atoms with van der Waals surface area (Å²) in [4.78, 5) is 16.0. The normalized spacial score (nSPS) is 17.7. The fraction of sp³-hybridized carbons (Fsp3) is 0.538.